The topological polar surface area (TPSA) is 35.5 Å². The Hall–Kier alpha value is -0.120. The highest BCUT2D eigenvalue weighted by Crippen LogP contribution is 2.21. The Bertz CT molecular complexity index is 208. The van der Waals surface area contributed by atoms with Crippen molar-refractivity contribution in [3.8, 4) is 0 Å². The van der Waals surface area contributed by atoms with E-state index in [0.29, 0.717) is 12.0 Å². The minimum absolute atomic E-state index is 0.235. The molecule has 17 heavy (non-hydrogen) atoms. The molecule has 1 saturated heterocycles. The maximum absolute atomic E-state index is 10.0. The molecule has 1 rings (SSSR count). The highest BCUT2D eigenvalue weighted by molar-refractivity contribution is 4.79. The standard InChI is InChI=1S/C14H30N2O/c1-11(2)7-15-8-14(17)10-16-9-12(3)5-6-13(16)4/h11-15,17H,5-10H2,1-4H3. The Morgan fingerprint density at radius 2 is 1.94 bits per heavy atom. The minimum Gasteiger partial charge on any atom is -0.390 e. The highest BCUT2D eigenvalue weighted by Gasteiger charge is 2.24. The Balaban J connectivity index is 2.22. The van der Waals surface area contributed by atoms with E-state index >= 15 is 0 Å². The first kappa shape index (κ1) is 14.9. The highest BCUT2D eigenvalue weighted by atomic mass is 16.3. The third-order valence-electron chi connectivity index (χ3n) is 3.62. The lowest BCUT2D eigenvalue weighted by atomic mass is 9.95. The van der Waals surface area contributed by atoms with Gasteiger partial charge in [0.1, 0.15) is 0 Å². The van der Waals surface area contributed by atoms with Crippen molar-refractivity contribution in [2.45, 2.75) is 52.7 Å². The molecule has 3 heteroatoms. The summed E-state index contributed by atoms with van der Waals surface area (Å²) in [6, 6.07) is 0.631. The molecule has 3 nitrogen and oxygen atoms in total. The van der Waals surface area contributed by atoms with Crippen molar-refractivity contribution in [3.05, 3.63) is 0 Å². The van der Waals surface area contributed by atoms with Gasteiger partial charge in [0.25, 0.3) is 0 Å². The molecule has 3 atom stereocenters. The first-order valence-corrected chi connectivity index (χ1v) is 7.11. The number of β-amino-alcohol motifs (C(OH)–C–C–N with tert-alkyl or cyclic N) is 1. The SMILES string of the molecule is CC(C)CNCC(O)CN1CC(C)CCC1C. The molecular weight excluding hydrogens is 212 g/mol. The summed E-state index contributed by atoms with van der Waals surface area (Å²) in [6.45, 7) is 12.6. The molecule has 1 heterocycles. The van der Waals surface area contributed by atoms with Gasteiger partial charge in [-0.05, 0) is 38.1 Å². The van der Waals surface area contributed by atoms with Crippen LogP contribution in [0.2, 0.25) is 0 Å². The lowest BCUT2D eigenvalue weighted by Crippen LogP contribution is -2.47. The van der Waals surface area contributed by atoms with Gasteiger partial charge in [-0.3, -0.25) is 4.90 Å². The third kappa shape index (κ3) is 5.84. The molecule has 0 radical (unpaired) electrons. The van der Waals surface area contributed by atoms with Crippen LogP contribution in [0, 0.1) is 11.8 Å². The van der Waals surface area contributed by atoms with Crippen molar-refractivity contribution in [2.24, 2.45) is 11.8 Å². The van der Waals surface area contributed by atoms with Crippen LogP contribution in [-0.4, -0.2) is 48.3 Å². The number of aliphatic hydroxyl groups is 1. The lowest BCUT2D eigenvalue weighted by molar-refractivity contribution is 0.0569. The van der Waals surface area contributed by atoms with Crippen molar-refractivity contribution in [1.82, 2.24) is 10.2 Å². The fraction of sp³-hybridized carbons (Fsp3) is 1.00. The molecule has 102 valence electrons. The molecule has 0 aliphatic carbocycles. The predicted octanol–water partition coefficient (Wildman–Crippen LogP) is 1.71. The summed E-state index contributed by atoms with van der Waals surface area (Å²) in [5, 5.41) is 13.3. The van der Waals surface area contributed by atoms with E-state index in [4.69, 9.17) is 0 Å². The van der Waals surface area contributed by atoms with E-state index in [0.717, 1.165) is 32.1 Å². The smallest absolute Gasteiger partial charge is 0.0791 e. The molecular formula is C14H30N2O. The maximum atomic E-state index is 10.0. The van der Waals surface area contributed by atoms with Crippen molar-refractivity contribution < 1.29 is 5.11 Å². The molecule has 2 N–H and O–H groups in total. The van der Waals surface area contributed by atoms with Gasteiger partial charge in [-0.25, -0.2) is 0 Å². The summed E-state index contributed by atoms with van der Waals surface area (Å²) >= 11 is 0. The number of nitrogens with one attached hydrogen (secondary N) is 1. The Kier molecular flexibility index (Phi) is 6.45. The van der Waals surface area contributed by atoms with Crippen LogP contribution in [0.4, 0.5) is 0 Å². The number of hydrogen-bond donors (Lipinski definition) is 2. The van der Waals surface area contributed by atoms with Crippen molar-refractivity contribution in [2.75, 3.05) is 26.2 Å². The zero-order valence-corrected chi connectivity index (χ0v) is 11.9. The lowest BCUT2D eigenvalue weighted by Gasteiger charge is -2.37. The van der Waals surface area contributed by atoms with E-state index in [1.165, 1.54) is 12.8 Å². The van der Waals surface area contributed by atoms with Gasteiger partial charge in [-0.15, -0.1) is 0 Å². The van der Waals surface area contributed by atoms with Gasteiger partial charge in [0.2, 0.25) is 0 Å². The average molecular weight is 242 g/mol. The molecule has 0 aromatic carbocycles. The van der Waals surface area contributed by atoms with Gasteiger partial charge in [-0.2, -0.15) is 0 Å². The molecule has 1 aliphatic rings. The summed E-state index contributed by atoms with van der Waals surface area (Å²) < 4.78 is 0. The summed E-state index contributed by atoms with van der Waals surface area (Å²) in [7, 11) is 0. The zero-order valence-electron chi connectivity index (χ0n) is 11.9. The molecule has 0 aromatic heterocycles. The van der Waals surface area contributed by atoms with Crippen LogP contribution in [0.3, 0.4) is 0 Å². The normalized spacial score (nSPS) is 28.6. The van der Waals surface area contributed by atoms with Crippen molar-refractivity contribution in [1.29, 1.82) is 0 Å². The van der Waals surface area contributed by atoms with Crippen LogP contribution in [-0.2, 0) is 0 Å². The van der Waals surface area contributed by atoms with Crippen LogP contribution in [0.15, 0.2) is 0 Å². The van der Waals surface area contributed by atoms with Gasteiger partial charge in [0, 0.05) is 25.7 Å². The molecule has 0 saturated carbocycles. The van der Waals surface area contributed by atoms with Crippen LogP contribution in [0.1, 0.15) is 40.5 Å². The second kappa shape index (κ2) is 7.34. The molecule has 0 aromatic rings. The van der Waals surface area contributed by atoms with Crippen molar-refractivity contribution in [3.63, 3.8) is 0 Å². The molecule has 0 bridgehead atoms. The van der Waals surface area contributed by atoms with E-state index in [-0.39, 0.29) is 6.10 Å². The van der Waals surface area contributed by atoms with E-state index < -0.39 is 0 Å². The van der Waals surface area contributed by atoms with Crippen LogP contribution < -0.4 is 5.32 Å². The fourth-order valence-electron chi connectivity index (χ4n) is 2.51. The van der Waals surface area contributed by atoms with E-state index in [1.807, 2.05) is 0 Å². The number of piperidine rings is 1. The Labute approximate surface area is 107 Å². The summed E-state index contributed by atoms with van der Waals surface area (Å²) in [5.74, 6) is 1.43. The molecule has 0 amide bonds. The van der Waals surface area contributed by atoms with Gasteiger partial charge in [-0.1, -0.05) is 20.8 Å². The van der Waals surface area contributed by atoms with Gasteiger partial charge in [0.05, 0.1) is 6.10 Å². The summed E-state index contributed by atoms with van der Waals surface area (Å²) in [5.41, 5.74) is 0. The fourth-order valence-corrected chi connectivity index (χ4v) is 2.51. The number of nitrogens with zero attached hydrogens (tertiary/aromatic N) is 1. The van der Waals surface area contributed by atoms with E-state index in [9.17, 15) is 5.11 Å². The molecule has 1 fully saturated rings. The first-order chi connectivity index (χ1) is 7.99. The number of aliphatic hydroxyl groups excluding tert-OH is 1. The quantitative estimate of drug-likeness (QED) is 0.744. The van der Waals surface area contributed by atoms with Crippen LogP contribution in [0.25, 0.3) is 0 Å². The second-order valence-electron chi connectivity index (χ2n) is 6.19. The molecule has 1 aliphatic heterocycles. The maximum Gasteiger partial charge on any atom is 0.0791 e. The van der Waals surface area contributed by atoms with E-state index in [1.54, 1.807) is 0 Å². The average Bonchev–Trinajstić information content (AvgIpc) is 2.23. The number of hydrogen-bond acceptors (Lipinski definition) is 3. The van der Waals surface area contributed by atoms with Crippen molar-refractivity contribution >= 4 is 0 Å². The summed E-state index contributed by atoms with van der Waals surface area (Å²) in [6.07, 6.45) is 2.37. The van der Waals surface area contributed by atoms with E-state index in [2.05, 4.69) is 37.9 Å². The van der Waals surface area contributed by atoms with Gasteiger partial charge >= 0.3 is 0 Å². The summed E-state index contributed by atoms with van der Waals surface area (Å²) in [4.78, 5) is 2.44. The van der Waals surface area contributed by atoms with Crippen LogP contribution >= 0.6 is 0 Å². The zero-order chi connectivity index (χ0) is 12.8. The first-order valence-electron chi connectivity index (χ1n) is 7.11. The Morgan fingerprint density at radius 3 is 2.59 bits per heavy atom. The van der Waals surface area contributed by atoms with Crippen LogP contribution in [0.5, 0.6) is 0 Å². The van der Waals surface area contributed by atoms with Gasteiger partial charge in [0.15, 0.2) is 0 Å². The second-order valence-corrected chi connectivity index (χ2v) is 6.19. The van der Waals surface area contributed by atoms with Gasteiger partial charge < -0.3 is 10.4 Å². The number of rotatable bonds is 6. The molecule has 3 unspecified atom stereocenters. The molecule has 0 spiro atoms. The number of likely N-dealkylation sites (tertiary alicyclic amines) is 1. The largest absolute Gasteiger partial charge is 0.390 e. The monoisotopic (exact) mass is 242 g/mol. The minimum atomic E-state index is -0.235. The third-order valence-corrected chi connectivity index (χ3v) is 3.62. The predicted molar refractivity (Wildman–Crippen MR) is 73.1 cm³/mol. The Morgan fingerprint density at radius 1 is 1.24 bits per heavy atom.